The summed E-state index contributed by atoms with van der Waals surface area (Å²) in [5.41, 5.74) is 0.772. The van der Waals surface area contributed by atoms with Gasteiger partial charge in [0.1, 0.15) is 11.5 Å². The number of amides is 3. The second-order valence-electron chi connectivity index (χ2n) is 6.20. The van der Waals surface area contributed by atoms with Crippen LogP contribution < -0.4 is 14.8 Å². The number of hydrogen-bond donors (Lipinski definition) is 1. The quantitative estimate of drug-likeness (QED) is 0.624. The van der Waals surface area contributed by atoms with E-state index in [4.69, 9.17) is 21.1 Å². The van der Waals surface area contributed by atoms with Crippen molar-refractivity contribution in [3.63, 3.8) is 0 Å². The van der Waals surface area contributed by atoms with E-state index in [1.54, 1.807) is 61.7 Å². The Morgan fingerprint density at radius 1 is 1.10 bits per heavy atom. The lowest BCUT2D eigenvalue weighted by molar-refractivity contribution is -0.125. The summed E-state index contributed by atoms with van der Waals surface area (Å²) in [5.74, 6) is 0.483. The number of benzene rings is 2. The fourth-order valence-electron chi connectivity index (χ4n) is 2.58. The van der Waals surface area contributed by atoms with Gasteiger partial charge < -0.3 is 14.8 Å². The number of methoxy groups -OCH3 is 1. The van der Waals surface area contributed by atoms with Crippen molar-refractivity contribution >= 4 is 46.5 Å². The zero-order valence-electron chi connectivity index (χ0n) is 16.1. The lowest BCUT2D eigenvalue weighted by Gasteiger charge is -2.13. The van der Waals surface area contributed by atoms with Gasteiger partial charge in [0.15, 0.2) is 6.61 Å². The number of halogens is 1. The van der Waals surface area contributed by atoms with Gasteiger partial charge in [-0.05, 0) is 59.8 Å². The van der Waals surface area contributed by atoms with Crippen LogP contribution in [-0.4, -0.2) is 48.8 Å². The SMILES string of the molecule is COc1ccc(OCC(=O)NCCN2C(=O)S/C(=C\c3ccc(Cl)cc3)C2=O)cc1. The van der Waals surface area contributed by atoms with Crippen LogP contribution >= 0.6 is 23.4 Å². The highest BCUT2D eigenvalue weighted by Gasteiger charge is 2.34. The highest BCUT2D eigenvalue weighted by molar-refractivity contribution is 8.18. The second kappa shape index (κ2) is 10.2. The second-order valence-corrected chi connectivity index (χ2v) is 7.63. The molecule has 7 nitrogen and oxygen atoms in total. The standard InChI is InChI=1S/C21H19ClN2O5S/c1-28-16-6-8-17(9-7-16)29-13-19(25)23-10-11-24-20(26)18(30-21(24)27)12-14-2-4-15(22)5-3-14/h2-9,12H,10-11,13H2,1H3,(H,23,25)/b18-12-. The number of nitrogens with one attached hydrogen (secondary N) is 1. The van der Waals surface area contributed by atoms with Gasteiger partial charge in [-0.15, -0.1) is 0 Å². The topological polar surface area (TPSA) is 84.9 Å². The lowest BCUT2D eigenvalue weighted by atomic mass is 10.2. The van der Waals surface area contributed by atoms with Crippen LogP contribution in [0.2, 0.25) is 5.02 Å². The van der Waals surface area contributed by atoms with Crippen molar-refractivity contribution in [3.8, 4) is 11.5 Å². The Labute approximate surface area is 183 Å². The van der Waals surface area contributed by atoms with Crippen molar-refractivity contribution in [2.24, 2.45) is 0 Å². The molecule has 1 aliphatic rings. The van der Waals surface area contributed by atoms with E-state index in [0.29, 0.717) is 21.4 Å². The van der Waals surface area contributed by atoms with E-state index in [2.05, 4.69) is 5.32 Å². The molecule has 9 heteroatoms. The molecule has 0 saturated carbocycles. The normalized spacial score (nSPS) is 14.9. The van der Waals surface area contributed by atoms with E-state index in [1.165, 1.54) is 0 Å². The van der Waals surface area contributed by atoms with Gasteiger partial charge in [-0.1, -0.05) is 23.7 Å². The molecule has 30 heavy (non-hydrogen) atoms. The summed E-state index contributed by atoms with van der Waals surface area (Å²) in [6.45, 7) is 0.0403. The molecule has 0 unspecified atom stereocenters. The van der Waals surface area contributed by atoms with Crippen LogP contribution in [0.25, 0.3) is 6.08 Å². The summed E-state index contributed by atoms with van der Waals surface area (Å²) in [6, 6.07) is 13.8. The third-order valence-electron chi connectivity index (χ3n) is 4.13. The Morgan fingerprint density at radius 3 is 2.43 bits per heavy atom. The van der Waals surface area contributed by atoms with Crippen LogP contribution in [0.1, 0.15) is 5.56 Å². The fourth-order valence-corrected chi connectivity index (χ4v) is 3.57. The van der Waals surface area contributed by atoms with E-state index in [9.17, 15) is 14.4 Å². The Kier molecular flexibility index (Phi) is 7.37. The van der Waals surface area contributed by atoms with Gasteiger partial charge in [-0.25, -0.2) is 0 Å². The molecule has 1 aliphatic heterocycles. The molecule has 0 aromatic heterocycles. The minimum atomic E-state index is -0.385. The number of carbonyl (C=O) groups excluding carboxylic acids is 3. The summed E-state index contributed by atoms with van der Waals surface area (Å²) >= 11 is 6.72. The fraction of sp³-hybridized carbons (Fsp3) is 0.190. The summed E-state index contributed by atoms with van der Waals surface area (Å²) in [5, 5.41) is 2.85. The van der Waals surface area contributed by atoms with Crippen molar-refractivity contribution in [3.05, 3.63) is 64.0 Å². The number of hydrogen-bond acceptors (Lipinski definition) is 6. The predicted molar refractivity (Wildman–Crippen MR) is 116 cm³/mol. The molecule has 0 bridgehead atoms. The number of thioether (sulfide) groups is 1. The molecule has 0 radical (unpaired) electrons. The number of nitrogens with zero attached hydrogens (tertiary/aromatic N) is 1. The molecule has 0 spiro atoms. The maximum absolute atomic E-state index is 12.5. The van der Waals surface area contributed by atoms with Crippen molar-refractivity contribution in [2.45, 2.75) is 0 Å². The van der Waals surface area contributed by atoms with Gasteiger partial charge in [0.25, 0.3) is 17.1 Å². The Balaban J connectivity index is 1.45. The average molecular weight is 447 g/mol. The maximum atomic E-state index is 12.5. The first kappa shape index (κ1) is 21.7. The molecule has 1 N–H and O–H groups in total. The third-order valence-corrected chi connectivity index (χ3v) is 5.29. The summed E-state index contributed by atoms with van der Waals surface area (Å²) in [6.07, 6.45) is 1.64. The van der Waals surface area contributed by atoms with Crippen LogP contribution in [-0.2, 0) is 9.59 Å². The van der Waals surface area contributed by atoms with Crippen LogP contribution in [0, 0.1) is 0 Å². The molecule has 1 saturated heterocycles. The van der Waals surface area contributed by atoms with E-state index < -0.39 is 0 Å². The van der Waals surface area contributed by atoms with E-state index >= 15 is 0 Å². The van der Waals surface area contributed by atoms with E-state index in [-0.39, 0.29) is 36.7 Å². The molecule has 3 amide bonds. The van der Waals surface area contributed by atoms with Crippen molar-refractivity contribution in [2.75, 3.05) is 26.8 Å². The average Bonchev–Trinajstić information content (AvgIpc) is 3.01. The molecule has 2 aromatic carbocycles. The Hall–Kier alpha value is -2.97. The van der Waals surface area contributed by atoms with Gasteiger partial charge in [0.2, 0.25) is 0 Å². The molecule has 0 aliphatic carbocycles. The van der Waals surface area contributed by atoms with Crippen molar-refractivity contribution < 1.29 is 23.9 Å². The van der Waals surface area contributed by atoms with Gasteiger partial charge in [0.05, 0.1) is 12.0 Å². The van der Waals surface area contributed by atoms with Crippen LogP contribution in [0.4, 0.5) is 4.79 Å². The highest BCUT2D eigenvalue weighted by atomic mass is 35.5. The minimum Gasteiger partial charge on any atom is -0.497 e. The first-order valence-electron chi connectivity index (χ1n) is 9.01. The van der Waals surface area contributed by atoms with Gasteiger partial charge in [0, 0.05) is 18.1 Å². The zero-order valence-corrected chi connectivity index (χ0v) is 17.7. The van der Waals surface area contributed by atoms with E-state index in [1.807, 2.05) is 0 Å². The molecule has 3 rings (SSSR count). The highest BCUT2D eigenvalue weighted by Crippen LogP contribution is 2.32. The van der Waals surface area contributed by atoms with Crippen molar-refractivity contribution in [1.82, 2.24) is 10.2 Å². The third kappa shape index (κ3) is 5.77. The van der Waals surface area contributed by atoms with Gasteiger partial charge in [-0.2, -0.15) is 0 Å². The molecular weight excluding hydrogens is 428 g/mol. The van der Waals surface area contributed by atoms with E-state index in [0.717, 1.165) is 22.2 Å². The Morgan fingerprint density at radius 2 is 1.77 bits per heavy atom. The van der Waals surface area contributed by atoms with Crippen molar-refractivity contribution in [1.29, 1.82) is 0 Å². The number of imide groups is 1. The Bertz CT molecular complexity index is 960. The zero-order chi connectivity index (χ0) is 21.5. The monoisotopic (exact) mass is 446 g/mol. The summed E-state index contributed by atoms with van der Waals surface area (Å²) in [4.78, 5) is 38.0. The number of carbonyl (C=O) groups is 3. The number of rotatable bonds is 8. The summed E-state index contributed by atoms with van der Waals surface area (Å²) < 4.78 is 10.4. The minimum absolute atomic E-state index is 0.0803. The first-order chi connectivity index (χ1) is 14.5. The largest absolute Gasteiger partial charge is 0.497 e. The van der Waals surface area contributed by atoms with Crippen LogP contribution in [0.5, 0.6) is 11.5 Å². The molecule has 1 heterocycles. The summed E-state index contributed by atoms with van der Waals surface area (Å²) in [7, 11) is 1.56. The number of ether oxygens (including phenoxy) is 2. The van der Waals surface area contributed by atoms with Crippen LogP contribution in [0.3, 0.4) is 0 Å². The molecule has 2 aromatic rings. The molecule has 156 valence electrons. The molecule has 1 fully saturated rings. The first-order valence-corrected chi connectivity index (χ1v) is 10.2. The molecule has 0 atom stereocenters. The maximum Gasteiger partial charge on any atom is 0.293 e. The predicted octanol–water partition coefficient (Wildman–Crippen LogP) is 3.58. The van der Waals surface area contributed by atoms with Crippen LogP contribution in [0.15, 0.2) is 53.4 Å². The molecular formula is C21H19ClN2O5S. The van der Waals surface area contributed by atoms with Gasteiger partial charge >= 0.3 is 0 Å². The van der Waals surface area contributed by atoms with Gasteiger partial charge in [-0.3, -0.25) is 19.3 Å². The smallest absolute Gasteiger partial charge is 0.293 e. The lowest BCUT2D eigenvalue weighted by Crippen LogP contribution is -2.38.